The summed E-state index contributed by atoms with van der Waals surface area (Å²) in [7, 11) is 0. The van der Waals surface area contributed by atoms with Gasteiger partial charge in [0.1, 0.15) is 0 Å². The average Bonchev–Trinajstić information content (AvgIpc) is 2.39. The van der Waals surface area contributed by atoms with Gasteiger partial charge in [0.25, 0.3) is 0 Å². The van der Waals surface area contributed by atoms with Crippen molar-refractivity contribution in [3.05, 3.63) is 0 Å². The Morgan fingerprint density at radius 2 is 2.17 bits per heavy atom. The zero-order chi connectivity index (χ0) is 13.4. The summed E-state index contributed by atoms with van der Waals surface area (Å²) >= 11 is 1.91. The third-order valence-corrected chi connectivity index (χ3v) is 4.53. The van der Waals surface area contributed by atoms with Crippen LogP contribution in [0.1, 0.15) is 33.1 Å². The van der Waals surface area contributed by atoms with Crippen LogP contribution in [-0.4, -0.2) is 43.2 Å². The Labute approximate surface area is 114 Å². The summed E-state index contributed by atoms with van der Waals surface area (Å²) in [6.45, 7) is 5.92. The third kappa shape index (κ3) is 4.44. The van der Waals surface area contributed by atoms with Crippen molar-refractivity contribution in [1.82, 2.24) is 5.32 Å². The molecule has 4 nitrogen and oxygen atoms in total. The maximum atomic E-state index is 12.3. The fourth-order valence-corrected chi connectivity index (χ4v) is 2.95. The van der Waals surface area contributed by atoms with Crippen LogP contribution in [0.3, 0.4) is 0 Å². The first kappa shape index (κ1) is 15.8. The van der Waals surface area contributed by atoms with Gasteiger partial charge in [-0.3, -0.25) is 4.79 Å². The number of hydrogen-bond acceptors (Lipinski definition) is 4. The fourth-order valence-electron chi connectivity index (χ4n) is 2.14. The molecule has 1 aliphatic rings. The van der Waals surface area contributed by atoms with Crippen molar-refractivity contribution < 1.29 is 9.53 Å². The van der Waals surface area contributed by atoms with E-state index in [0.717, 1.165) is 30.8 Å². The normalized spacial score (nSPS) is 20.4. The number of carbonyl (C=O) groups is 1. The summed E-state index contributed by atoms with van der Waals surface area (Å²) in [6.07, 6.45) is 2.50. The van der Waals surface area contributed by atoms with Gasteiger partial charge in [0.2, 0.25) is 5.91 Å². The van der Waals surface area contributed by atoms with E-state index in [1.165, 1.54) is 0 Å². The highest BCUT2D eigenvalue weighted by Gasteiger charge is 2.39. The molecule has 18 heavy (non-hydrogen) atoms. The summed E-state index contributed by atoms with van der Waals surface area (Å²) in [5.74, 6) is 2.34. The number of nitrogens with one attached hydrogen (secondary N) is 1. The van der Waals surface area contributed by atoms with Crippen molar-refractivity contribution in [1.29, 1.82) is 0 Å². The standard InChI is InChI=1S/C13H26N2O2S/c1-3-18-9-4-11(2)15-12(16)13(10-14)5-7-17-8-6-13/h11H,3-10,14H2,1-2H3,(H,15,16). The van der Waals surface area contributed by atoms with E-state index in [1.54, 1.807) is 0 Å². The molecule has 1 aliphatic heterocycles. The maximum Gasteiger partial charge on any atom is 0.227 e. The molecule has 0 aromatic carbocycles. The molecule has 1 saturated heterocycles. The van der Waals surface area contributed by atoms with E-state index in [1.807, 2.05) is 11.8 Å². The largest absolute Gasteiger partial charge is 0.381 e. The number of ether oxygens (including phenoxy) is 1. The number of rotatable bonds is 7. The van der Waals surface area contributed by atoms with Crippen molar-refractivity contribution >= 4 is 17.7 Å². The van der Waals surface area contributed by atoms with Crippen LogP contribution in [0, 0.1) is 5.41 Å². The first-order chi connectivity index (χ1) is 8.64. The highest BCUT2D eigenvalue weighted by molar-refractivity contribution is 7.99. The highest BCUT2D eigenvalue weighted by Crippen LogP contribution is 2.29. The second-order valence-electron chi connectivity index (χ2n) is 4.96. The number of nitrogens with two attached hydrogens (primary N) is 1. The molecular formula is C13H26N2O2S. The summed E-state index contributed by atoms with van der Waals surface area (Å²) in [4.78, 5) is 12.3. The molecule has 1 unspecified atom stereocenters. The molecule has 1 amide bonds. The SMILES string of the molecule is CCSCCC(C)NC(=O)C1(CN)CCOCC1. The van der Waals surface area contributed by atoms with Crippen LogP contribution in [-0.2, 0) is 9.53 Å². The van der Waals surface area contributed by atoms with E-state index in [2.05, 4.69) is 19.2 Å². The van der Waals surface area contributed by atoms with Gasteiger partial charge in [-0.05, 0) is 37.7 Å². The number of carbonyl (C=O) groups excluding carboxylic acids is 1. The molecule has 0 aromatic heterocycles. The Balaban J connectivity index is 2.41. The summed E-state index contributed by atoms with van der Waals surface area (Å²) in [5, 5.41) is 3.11. The van der Waals surface area contributed by atoms with Crippen molar-refractivity contribution in [3.8, 4) is 0 Å². The van der Waals surface area contributed by atoms with Gasteiger partial charge in [0.15, 0.2) is 0 Å². The van der Waals surface area contributed by atoms with E-state index in [-0.39, 0.29) is 11.9 Å². The number of thioether (sulfide) groups is 1. The van der Waals surface area contributed by atoms with E-state index < -0.39 is 5.41 Å². The minimum Gasteiger partial charge on any atom is -0.381 e. The third-order valence-electron chi connectivity index (χ3n) is 3.60. The van der Waals surface area contributed by atoms with Gasteiger partial charge in [0, 0.05) is 25.8 Å². The Morgan fingerprint density at radius 3 is 2.72 bits per heavy atom. The van der Waals surface area contributed by atoms with Gasteiger partial charge in [-0.15, -0.1) is 0 Å². The van der Waals surface area contributed by atoms with E-state index in [0.29, 0.717) is 19.8 Å². The molecular weight excluding hydrogens is 248 g/mol. The number of amides is 1. The zero-order valence-electron chi connectivity index (χ0n) is 11.5. The van der Waals surface area contributed by atoms with Crippen molar-refractivity contribution in [3.63, 3.8) is 0 Å². The van der Waals surface area contributed by atoms with Gasteiger partial charge in [-0.25, -0.2) is 0 Å². The second kappa shape index (κ2) is 8.02. The van der Waals surface area contributed by atoms with Crippen LogP contribution in [0.25, 0.3) is 0 Å². The quantitative estimate of drug-likeness (QED) is 0.689. The molecule has 0 spiro atoms. The molecule has 1 fully saturated rings. The van der Waals surface area contributed by atoms with Crippen LogP contribution < -0.4 is 11.1 Å². The van der Waals surface area contributed by atoms with E-state index in [9.17, 15) is 4.79 Å². The molecule has 1 heterocycles. The van der Waals surface area contributed by atoms with Crippen LogP contribution >= 0.6 is 11.8 Å². The van der Waals surface area contributed by atoms with Gasteiger partial charge < -0.3 is 15.8 Å². The maximum absolute atomic E-state index is 12.3. The van der Waals surface area contributed by atoms with Crippen LogP contribution in [0.15, 0.2) is 0 Å². The molecule has 3 N–H and O–H groups in total. The topological polar surface area (TPSA) is 64.4 Å². The van der Waals surface area contributed by atoms with Gasteiger partial charge in [-0.2, -0.15) is 11.8 Å². The lowest BCUT2D eigenvalue weighted by Gasteiger charge is -2.35. The van der Waals surface area contributed by atoms with Gasteiger partial charge >= 0.3 is 0 Å². The van der Waals surface area contributed by atoms with Crippen molar-refractivity contribution in [2.75, 3.05) is 31.3 Å². The summed E-state index contributed by atoms with van der Waals surface area (Å²) in [6, 6.07) is 0.225. The predicted molar refractivity (Wildman–Crippen MR) is 76.8 cm³/mol. The predicted octanol–water partition coefficient (Wildman–Crippen LogP) is 1.39. The van der Waals surface area contributed by atoms with Crippen LogP contribution in [0.4, 0.5) is 0 Å². The smallest absolute Gasteiger partial charge is 0.227 e. The van der Waals surface area contributed by atoms with E-state index >= 15 is 0 Å². The fraction of sp³-hybridized carbons (Fsp3) is 0.923. The lowest BCUT2D eigenvalue weighted by molar-refractivity contribution is -0.136. The zero-order valence-corrected chi connectivity index (χ0v) is 12.4. The molecule has 1 rings (SSSR count). The lowest BCUT2D eigenvalue weighted by atomic mass is 9.79. The first-order valence-corrected chi connectivity index (χ1v) is 7.96. The molecule has 5 heteroatoms. The van der Waals surface area contributed by atoms with Gasteiger partial charge in [-0.1, -0.05) is 6.92 Å². The molecule has 106 valence electrons. The molecule has 1 atom stereocenters. The molecule has 0 bridgehead atoms. The van der Waals surface area contributed by atoms with Crippen molar-refractivity contribution in [2.24, 2.45) is 11.1 Å². The summed E-state index contributed by atoms with van der Waals surface area (Å²) < 4.78 is 5.32. The Hall–Kier alpha value is -0.260. The Morgan fingerprint density at radius 1 is 1.50 bits per heavy atom. The molecule has 0 radical (unpaired) electrons. The highest BCUT2D eigenvalue weighted by atomic mass is 32.2. The number of hydrogen-bond donors (Lipinski definition) is 2. The van der Waals surface area contributed by atoms with E-state index in [4.69, 9.17) is 10.5 Å². The summed E-state index contributed by atoms with van der Waals surface area (Å²) in [5.41, 5.74) is 5.42. The van der Waals surface area contributed by atoms with Crippen molar-refractivity contribution in [2.45, 2.75) is 39.2 Å². The molecule has 0 aliphatic carbocycles. The van der Waals surface area contributed by atoms with Crippen LogP contribution in [0.2, 0.25) is 0 Å². The second-order valence-corrected chi connectivity index (χ2v) is 6.35. The molecule has 0 aromatic rings. The Bertz CT molecular complexity index is 255. The lowest BCUT2D eigenvalue weighted by Crippen LogP contribution is -2.51. The first-order valence-electron chi connectivity index (χ1n) is 6.81. The van der Waals surface area contributed by atoms with Gasteiger partial charge in [0.05, 0.1) is 5.41 Å². The average molecular weight is 274 g/mol. The Kier molecular flexibility index (Phi) is 7.04. The minimum absolute atomic E-state index is 0.113. The molecule has 0 saturated carbocycles. The van der Waals surface area contributed by atoms with Crippen LogP contribution in [0.5, 0.6) is 0 Å². The minimum atomic E-state index is -0.398. The monoisotopic (exact) mass is 274 g/mol.